The van der Waals surface area contributed by atoms with E-state index in [9.17, 15) is 14.0 Å². The van der Waals surface area contributed by atoms with Crippen molar-refractivity contribution in [1.82, 2.24) is 10.6 Å². The topological polar surface area (TPSA) is 67.4 Å². The molecule has 0 heterocycles. The summed E-state index contributed by atoms with van der Waals surface area (Å²) in [5.41, 5.74) is 0. The number of ether oxygens (including phenoxy) is 1. The average molecular weight is 252 g/mol. The first-order chi connectivity index (χ1) is 8.63. The second-order valence-corrected chi connectivity index (χ2v) is 4.04. The maximum Gasteiger partial charge on any atom is 0.321 e. The number of halogens is 1. The summed E-state index contributed by atoms with van der Waals surface area (Å²) < 4.78 is 17.7. The van der Waals surface area contributed by atoms with E-state index in [4.69, 9.17) is 4.74 Å². The van der Waals surface area contributed by atoms with Gasteiger partial charge < -0.3 is 10.1 Å². The third kappa shape index (κ3) is 4.04. The lowest BCUT2D eigenvalue weighted by molar-refractivity contribution is -0.122. The van der Waals surface area contributed by atoms with Crippen LogP contribution in [0.5, 0.6) is 5.75 Å². The Balaban J connectivity index is 1.70. The molecule has 1 aromatic rings. The van der Waals surface area contributed by atoms with Crippen LogP contribution in [0.25, 0.3) is 0 Å². The zero-order valence-electron chi connectivity index (χ0n) is 9.61. The number of hydrogen-bond donors (Lipinski definition) is 2. The van der Waals surface area contributed by atoms with Gasteiger partial charge in [0.1, 0.15) is 11.6 Å². The summed E-state index contributed by atoms with van der Waals surface area (Å²) >= 11 is 0. The Hall–Kier alpha value is -2.11. The van der Waals surface area contributed by atoms with Gasteiger partial charge in [-0.15, -0.1) is 0 Å². The molecule has 96 valence electrons. The molecule has 0 aliphatic heterocycles. The van der Waals surface area contributed by atoms with Crippen LogP contribution in [0.3, 0.4) is 0 Å². The molecule has 6 heteroatoms. The summed E-state index contributed by atoms with van der Waals surface area (Å²) in [6.45, 7) is -0.288. The summed E-state index contributed by atoms with van der Waals surface area (Å²) in [6.07, 6.45) is 1.90. The van der Waals surface area contributed by atoms with Crippen molar-refractivity contribution in [3.8, 4) is 5.75 Å². The van der Waals surface area contributed by atoms with Crippen LogP contribution in [0.4, 0.5) is 9.18 Å². The lowest BCUT2D eigenvalue weighted by Gasteiger charge is -2.07. The van der Waals surface area contributed by atoms with Gasteiger partial charge in [-0.05, 0) is 37.1 Å². The van der Waals surface area contributed by atoms with Crippen molar-refractivity contribution in [1.29, 1.82) is 0 Å². The van der Waals surface area contributed by atoms with E-state index in [1.54, 1.807) is 0 Å². The maximum atomic E-state index is 12.6. The van der Waals surface area contributed by atoms with Gasteiger partial charge in [0.2, 0.25) is 0 Å². The van der Waals surface area contributed by atoms with Crippen LogP contribution in [-0.4, -0.2) is 24.6 Å². The molecule has 0 unspecified atom stereocenters. The van der Waals surface area contributed by atoms with Gasteiger partial charge in [-0.1, -0.05) is 0 Å². The lowest BCUT2D eigenvalue weighted by atomic mass is 10.3. The lowest BCUT2D eigenvalue weighted by Crippen LogP contribution is -2.42. The quantitative estimate of drug-likeness (QED) is 0.845. The minimum absolute atomic E-state index is 0.191. The first kappa shape index (κ1) is 12.3. The van der Waals surface area contributed by atoms with Crippen LogP contribution >= 0.6 is 0 Å². The second kappa shape index (κ2) is 5.48. The van der Waals surface area contributed by atoms with Crippen molar-refractivity contribution in [3.05, 3.63) is 30.1 Å². The first-order valence-corrected chi connectivity index (χ1v) is 5.62. The number of rotatable bonds is 4. The number of imide groups is 1. The van der Waals surface area contributed by atoms with Crippen molar-refractivity contribution in [2.75, 3.05) is 6.61 Å². The molecule has 0 spiro atoms. The molecule has 2 N–H and O–H groups in total. The number of hydrogen-bond acceptors (Lipinski definition) is 3. The molecule has 5 nitrogen and oxygen atoms in total. The Morgan fingerprint density at radius 3 is 2.56 bits per heavy atom. The third-order valence-electron chi connectivity index (χ3n) is 2.35. The van der Waals surface area contributed by atoms with Crippen LogP contribution in [0, 0.1) is 5.82 Å². The van der Waals surface area contributed by atoms with Crippen molar-refractivity contribution in [2.24, 2.45) is 0 Å². The van der Waals surface area contributed by atoms with E-state index in [1.165, 1.54) is 24.3 Å². The van der Waals surface area contributed by atoms with Crippen LogP contribution in [0.1, 0.15) is 12.8 Å². The number of carbonyl (C=O) groups is 2. The number of benzene rings is 1. The van der Waals surface area contributed by atoms with Crippen molar-refractivity contribution >= 4 is 11.9 Å². The van der Waals surface area contributed by atoms with E-state index in [2.05, 4.69) is 10.6 Å². The van der Waals surface area contributed by atoms with Crippen LogP contribution in [-0.2, 0) is 4.79 Å². The number of nitrogens with one attached hydrogen (secondary N) is 2. The second-order valence-electron chi connectivity index (χ2n) is 4.04. The Morgan fingerprint density at radius 1 is 1.28 bits per heavy atom. The van der Waals surface area contributed by atoms with E-state index >= 15 is 0 Å². The molecular weight excluding hydrogens is 239 g/mol. The maximum absolute atomic E-state index is 12.6. The van der Waals surface area contributed by atoms with Gasteiger partial charge in [0.05, 0.1) is 0 Å². The largest absolute Gasteiger partial charge is 0.484 e. The Kier molecular flexibility index (Phi) is 3.76. The standard InChI is InChI=1S/C12H13FN2O3/c13-8-1-5-10(6-2-8)18-7-11(16)15-12(17)14-9-3-4-9/h1-2,5-6,9H,3-4,7H2,(H2,14,15,16,17). The predicted octanol–water partition coefficient (Wildman–Crippen LogP) is 1.19. The van der Waals surface area contributed by atoms with Gasteiger partial charge in [-0.25, -0.2) is 9.18 Å². The summed E-state index contributed by atoms with van der Waals surface area (Å²) in [4.78, 5) is 22.5. The van der Waals surface area contributed by atoms with Crippen molar-refractivity contribution < 1.29 is 18.7 Å². The highest BCUT2D eigenvalue weighted by Crippen LogP contribution is 2.18. The predicted molar refractivity (Wildman–Crippen MR) is 61.6 cm³/mol. The summed E-state index contributed by atoms with van der Waals surface area (Å²) in [5.74, 6) is -0.553. The fourth-order valence-corrected chi connectivity index (χ4v) is 1.29. The smallest absolute Gasteiger partial charge is 0.321 e. The molecular formula is C12H13FN2O3. The molecule has 1 aliphatic carbocycles. The minimum Gasteiger partial charge on any atom is -0.484 e. The molecule has 1 saturated carbocycles. The van der Waals surface area contributed by atoms with Gasteiger partial charge in [0, 0.05) is 6.04 Å². The van der Waals surface area contributed by atoms with Crippen molar-refractivity contribution in [3.63, 3.8) is 0 Å². The molecule has 0 radical (unpaired) electrons. The molecule has 18 heavy (non-hydrogen) atoms. The Morgan fingerprint density at radius 2 is 1.94 bits per heavy atom. The molecule has 0 atom stereocenters. The first-order valence-electron chi connectivity index (χ1n) is 5.62. The van der Waals surface area contributed by atoms with Gasteiger partial charge in [0.25, 0.3) is 5.91 Å². The van der Waals surface area contributed by atoms with Gasteiger partial charge in [0.15, 0.2) is 6.61 Å². The zero-order valence-corrected chi connectivity index (χ0v) is 9.61. The summed E-state index contributed by atoms with van der Waals surface area (Å²) in [7, 11) is 0. The monoisotopic (exact) mass is 252 g/mol. The highest BCUT2D eigenvalue weighted by molar-refractivity contribution is 5.95. The Bertz CT molecular complexity index is 443. The summed E-state index contributed by atoms with van der Waals surface area (Å²) in [5, 5.41) is 4.76. The van der Waals surface area contributed by atoms with Crippen LogP contribution < -0.4 is 15.4 Å². The number of amides is 3. The molecule has 3 amide bonds. The van der Waals surface area contributed by atoms with E-state index in [1.807, 2.05) is 0 Å². The normalized spacial score (nSPS) is 13.8. The van der Waals surface area contributed by atoms with Gasteiger partial charge in [-0.2, -0.15) is 0 Å². The molecule has 1 fully saturated rings. The number of carbonyl (C=O) groups excluding carboxylic acids is 2. The molecule has 0 bridgehead atoms. The van der Waals surface area contributed by atoms with E-state index in [0.717, 1.165) is 12.8 Å². The number of urea groups is 1. The molecule has 2 rings (SSSR count). The minimum atomic E-state index is -0.544. The highest BCUT2D eigenvalue weighted by Gasteiger charge is 2.23. The zero-order chi connectivity index (χ0) is 13.0. The van der Waals surface area contributed by atoms with Crippen molar-refractivity contribution in [2.45, 2.75) is 18.9 Å². The highest BCUT2D eigenvalue weighted by atomic mass is 19.1. The fraction of sp³-hybridized carbons (Fsp3) is 0.333. The average Bonchev–Trinajstić information content (AvgIpc) is 3.12. The SMILES string of the molecule is O=C(COc1ccc(F)cc1)NC(=O)NC1CC1. The van der Waals surface area contributed by atoms with Gasteiger partial charge in [-0.3, -0.25) is 10.1 Å². The van der Waals surface area contributed by atoms with E-state index < -0.39 is 11.9 Å². The molecule has 0 aromatic heterocycles. The third-order valence-corrected chi connectivity index (χ3v) is 2.35. The molecule has 1 aliphatic rings. The summed E-state index contributed by atoms with van der Waals surface area (Å²) in [6, 6.07) is 4.96. The van der Waals surface area contributed by atoms with Crippen LogP contribution in [0.2, 0.25) is 0 Å². The van der Waals surface area contributed by atoms with E-state index in [-0.39, 0.29) is 18.5 Å². The molecule has 0 saturated heterocycles. The van der Waals surface area contributed by atoms with E-state index in [0.29, 0.717) is 5.75 Å². The van der Waals surface area contributed by atoms with Gasteiger partial charge >= 0.3 is 6.03 Å². The molecule has 1 aromatic carbocycles. The fourth-order valence-electron chi connectivity index (χ4n) is 1.29. The van der Waals surface area contributed by atoms with Crippen LogP contribution in [0.15, 0.2) is 24.3 Å². The Labute approximate surface area is 103 Å².